The van der Waals surface area contributed by atoms with E-state index in [4.69, 9.17) is 0 Å². The van der Waals surface area contributed by atoms with Gasteiger partial charge in [-0.15, -0.1) is 0 Å². The Bertz CT molecular complexity index is 631. The highest BCUT2D eigenvalue weighted by Crippen LogP contribution is 2.21. The summed E-state index contributed by atoms with van der Waals surface area (Å²) in [4.78, 5) is 19.5. The van der Waals surface area contributed by atoms with E-state index in [1.54, 1.807) is 0 Å². The van der Waals surface area contributed by atoms with E-state index >= 15 is 0 Å². The van der Waals surface area contributed by atoms with E-state index in [0.717, 1.165) is 24.6 Å². The van der Waals surface area contributed by atoms with Crippen molar-refractivity contribution in [2.75, 3.05) is 18.0 Å². The molecule has 0 atom stereocenters. The summed E-state index contributed by atoms with van der Waals surface area (Å²) in [6.45, 7) is 4.06. The fourth-order valence-electron chi connectivity index (χ4n) is 2.83. The molecule has 1 aliphatic rings. The number of piperidine rings is 1. The van der Waals surface area contributed by atoms with E-state index in [1.165, 1.54) is 19.3 Å². The third-order valence-corrected chi connectivity index (χ3v) is 4.03. The monoisotopic (exact) mass is 280 g/mol. The number of benzene rings is 1. The molecule has 0 amide bonds. The maximum Gasteiger partial charge on any atom is 0.194 e. The van der Waals surface area contributed by atoms with Crippen molar-refractivity contribution in [2.45, 2.75) is 26.2 Å². The Hall–Kier alpha value is -2.16. The van der Waals surface area contributed by atoms with Crippen LogP contribution in [0.3, 0.4) is 0 Å². The van der Waals surface area contributed by atoms with Crippen molar-refractivity contribution in [1.29, 1.82) is 0 Å². The van der Waals surface area contributed by atoms with E-state index in [0.29, 0.717) is 11.1 Å². The molecule has 1 aromatic carbocycles. The second-order valence-corrected chi connectivity index (χ2v) is 5.55. The van der Waals surface area contributed by atoms with Crippen LogP contribution in [-0.4, -0.2) is 23.9 Å². The Morgan fingerprint density at radius 3 is 2.38 bits per heavy atom. The number of rotatable bonds is 3. The van der Waals surface area contributed by atoms with Crippen LogP contribution in [0.15, 0.2) is 42.5 Å². The molecule has 1 fully saturated rings. The molecule has 1 saturated heterocycles. The zero-order valence-corrected chi connectivity index (χ0v) is 12.4. The van der Waals surface area contributed by atoms with Gasteiger partial charge in [0.2, 0.25) is 0 Å². The lowest BCUT2D eigenvalue weighted by atomic mass is 10.0. The summed E-state index contributed by atoms with van der Waals surface area (Å²) in [7, 11) is 0. The van der Waals surface area contributed by atoms with Crippen LogP contribution in [-0.2, 0) is 0 Å². The number of carbonyl (C=O) groups excluding carboxylic acids is 1. The van der Waals surface area contributed by atoms with Crippen LogP contribution in [0.5, 0.6) is 0 Å². The molecule has 1 aromatic heterocycles. The molecule has 1 aliphatic heterocycles. The fourth-order valence-corrected chi connectivity index (χ4v) is 2.83. The second-order valence-electron chi connectivity index (χ2n) is 5.55. The maximum atomic E-state index is 12.5. The van der Waals surface area contributed by atoms with Gasteiger partial charge in [-0.1, -0.05) is 30.3 Å². The minimum Gasteiger partial charge on any atom is -0.357 e. The molecular formula is C18H20N2O. The summed E-state index contributed by atoms with van der Waals surface area (Å²) >= 11 is 0. The number of nitrogens with zero attached hydrogens (tertiary/aromatic N) is 2. The Morgan fingerprint density at radius 1 is 1.00 bits per heavy atom. The normalized spacial score (nSPS) is 15.0. The number of carbonyl (C=O) groups is 1. The predicted molar refractivity (Wildman–Crippen MR) is 84.9 cm³/mol. The Labute approximate surface area is 125 Å². The first-order valence-corrected chi connectivity index (χ1v) is 7.58. The highest BCUT2D eigenvalue weighted by atomic mass is 16.1. The van der Waals surface area contributed by atoms with Crippen LogP contribution in [0, 0.1) is 6.92 Å². The topological polar surface area (TPSA) is 33.2 Å². The van der Waals surface area contributed by atoms with E-state index < -0.39 is 0 Å². The molecule has 3 heteroatoms. The zero-order chi connectivity index (χ0) is 14.7. The number of hydrogen-bond acceptors (Lipinski definition) is 3. The van der Waals surface area contributed by atoms with Gasteiger partial charge < -0.3 is 4.90 Å². The van der Waals surface area contributed by atoms with Crippen molar-refractivity contribution in [1.82, 2.24) is 4.98 Å². The summed E-state index contributed by atoms with van der Waals surface area (Å²) in [6.07, 6.45) is 3.76. The molecular weight excluding hydrogens is 260 g/mol. The highest BCUT2D eigenvalue weighted by Gasteiger charge is 2.16. The van der Waals surface area contributed by atoms with Crippen molar-refractivity contribution in [3.8, 4) is 0 Å². The standard InChI is InChI=1S/C18H20N2O/c1-14-16(18(21)15-8-4-2-5-9-15)10-11-17(19-14)20-12-6-3-7-13-20/h2,4-5,8-11H,3,6-7,12-13H2,1H3. The summed E-state index contributed by atoms with van der Waals surface area (Å²) in [5, 5.41) is 0. The minimum atomic E-state index is 0.0470. The first kappa shape index (κ1) is 13.8. The molecule has 0 saturated carbocycles. The average molecular weight is 280 g/mol. The third-order valence-electron chi connectivity index (χ3n) is 4.03. The predicted octanol–water partition coefficient (Wildman–Crippen LogP) is 3.61. The first-order chi connectivity index (χ1) is 10.3. The van der Waals surface area contributed by atoms with Gasteiger partial charge in [0.1, 0.15) is 5.82 Å². The Kier molecular flexibility index (Phi) is 4.00. The largest absolute Gasteiger partial charge is 0.357 e. The molecule has 2 heterocycles. The smallest absolute Gasteiger partial charge is 0.194 e. The molecule has 0 spiro atoms. The van der Waals surface area contributed by atoms with Crippen molar-refractivity contribution in [3.05, 3.63) is 59.3 Å². The molecule has 0 bridgehead atoms. The molecule has 0 N–H and O–H groups in total. The van der Waals surface area contributed by atoms with Crippen LogP contribution in [0.25, 0.3) is 0 Å². The summed E-state index contributed by atoms with van der Waals surface area (Å²) in [5.74, 6) is 1.04. The van der Waals surface area contributed by atoms with Gasteiger partial charge >= 0.3 is 0 Å². The maximum absolute atomic E-state index is 12.5. The van der Waals surface area contributed by atoms with Crippen LogP contribution in [0.4, 0.5) is 5.82 Å². The van der Waals surface area contributed by atoms with Crippen LogP contribution >= 0.6 is 0 Å². The van der Waals surface area contributed by atoms with E-state index in [-0.39, 0.29) is 5.78 Å². The lowest BCUT2D eigenvalue weighted by Crippen LogP contribution is -2.30. The van der Waals surface area contributed by atoms with Gasteiger partial charge in [0.05, 0.1) is 5.69 Å². The quantitative estimate of drug-likeness (QED) is 0.805. The highest BCUT2D eigenvalue weighted by molar-refractivity contribution is 6.09. The molecule has 21 heavy (non-hydrogen) atoms. The number of ketones is 1. The summed E-state index contributed by atoms with van der Waals surface area (Å²) < 4.78 is 0. The van der Waals surface area contributed by atoms with Crippen LogP contribution in [0.1, 0.15) is 40.9 Å². The lowest BCUT2D eigenvalue weighted by molar-refractivity contribution is 0.103. The van der Waals surface area contributed by atoms with Crippen molar-refractivity contribution in [3.63, 3.8) is 0 Å². The SMILES string of the molecule is Cc1nc(N2CCCCC2)ccc1C(=O)c1ccccc1. The number of pyridine rings is 1. The van der Waals surface area contributed by atoms with Crippen molar-refractivity contribution >= 4 is 11.6 Å². The number of aryl methyl sites for hydroxylation is 1. The molecule has 2 aromatic rings. The van der Waals surface area contributed by atoms with Crippen LogP contribution < -0.4 is 4.90 Å². The number of hydrogen-bond donors (Lipinski definition) is 0. The van der Waals surface area contributed by atoms with Gasteiger partial charge in [0.15, 0.2) is 5.78 Å². The molecule has 108 valence electrons. The number of anilines is 1. The van der Waals surface area contributed by atoms with Crippen LogP contribution in [0.2, 0.25) is 0 Å². The minimum absolute atomic E-state index is 0.0470. The third kappa shape index (κ3) is 2.97. The summed E-state index contributed by atoms with van der Waals surface area (Å²) in [5.41, 5.74) is 2.22. The van der Waals surface area contributed by atoms with Gasteiger partial charge in [0, 0.05) is 24.2 Å². The second kappa shape index (κ2) is 6.08. The Morgan fingerprint density at radius 2 is 1.71 bits per heavy atom. The van der Waals surface area contributed by atoms with Gasteiger partial charge in [-0.05, 0) is 38.3 Å². The molecule has 3 nitrogen and oxygen atoms in total. The average Bonchev–Trinajstić information content (AvgIpc) is 2.56. The first-order valence-electron chi connectivity index (χ1n) is 7.58. The molecule has 3 rings (SSSR count). The Balaban J connectivity index is 1.86. The molecule has 0 aliphatic carbocycles. The van der Waals surface area contributed by atoms with E-state index in [9.17, 15) is 4.79 Å². The van der Waals surface area contributed by atoms with Crippen molar-refractivity contribution < 1.29 is 4.79 Å². The fraction of sp³-hybridized carbons (Fsp3) is 0.333. The van der Waals surface area contributed by atoms with E-state index in [1.807, 2.05) is 49.4 Å². The molecule has 0 unspecified atom stereocenters. The lowest BCUT2D eigenvalue weighted by Gasteiger charge is -2.28. The van der Waals surface area contributed by atoms with Gasteiger partial charge in [-0.2, -0.15) is 0 Å². The van der Waals surface area contributed by atoms with Gasteiger partial charge in [-0.3, -0.25) is 4.79 Å². The van der Waals surface area contributed by atoms with Gasteiger partial charge in [0.25, 0.3) is 0 Å². The zero-order valence-electron chi connectivity index (χ0n) is 12.4. The number of aromatic nitrogens is 1. The van der Waals surface area contributed by atoms with Gasteiger partial charge in [-0.25, -0.2) is 4.98 Å². The van der Waals surface area contributed by atoms with Crippen molar-refractivity contribution in [2.24, 2.45) is 0 Å². The molecule has 0 radical (unpaired) electrons. The van der Waals surface area contributed by atoms with E-state index in [2.05, 4.69) is 9.88 Å². The summed E-state index contributed by atoms with van der Waals surface area (Å²) in [6, 6.07) is 13.3.